The minimum absolute atomic E-state index is 0.393. The molecule has 0 N–H and O–H groups in total. The van der Waals surface area contributed by atoms with Crippen molar-refractivity contribution in [3.8, 4) is 17.2 Å². The molecule has 25 heavy (non-hydrogen) atoms. The van der Waals surface area contributed by atoms with E-state index >= 15 is 0 Å². The van der Waals surface area contributed by atoms with E-state index in [1.54, 1.807) is 12.4 Å². The number of hydrogen-bond donors (Lipinski definition) is 0. The summed E-state index contributed by atoms with van der Waals surface area (Å²) < 4.78 is 7.50. The zero-order chi connectivity index (χ0) is 17.3. The van der Waals surface area contributed by atoms with Gasteiger partial charge in [-0.15, -0.1) is 0 Å². The molecule has 2 aromatic heterocycles. The van der Waals surface area contributed by atoms with E-state index in [9.17, 15) is 5.26 Å². The fraction of sp³-hybridized carbons (Fsp3) is 0.316. The molecule has 1 aliphatic rings. The lowest BCUT2D eigenvalue weighted by molar-refractivity contribution is 0.0337. The minimum atomic E-state index is -0.393. The first kappa shape index (κ1) is 16.1. The van der Waals surface area contributed by atoms with Crippen LogP contribution in [0.3, 0.4) is 0 Å². The first-order chi connectivity index (χ1) is 12.2. The van der Waals surface area contributed by atoms with Gasteiger partial charge in [0.05, 0.1) is 33.9 Å². The van der Waals surface area contributed by atoms with Crippen LogP contribution >= 0.6 is 11.6 Å². The molecule has 0 saturated carbocycles. The van der Waals surface area contributed by atoms with Crippen LogP contribution in [0.4, 0.5) is 0 Å². The van der Waals surface area contributed by atoms with Crippen molar-refractivity contribution in [3.05, 3.63) is 48.0 Å². The van der Waals surface area contributed by atoms with Gasteiger partial charge in [-0.25, -0.2) is 4.98 Å². The maximum atomic E-state index is 9.72. The molecule has 1 fully saturated rings. The second-order valence-corrected chi connectivity index (χ2v) is 6.84. The van der Waals surface area contributed by atoms with Crippen molar-refractivity contribution in [3.63, 3.8) is 0 Å². The molecule has 3 heterocycles. The number of rotatable bonds is 3. The second kappa shape index (κ2) is 6.47. The van der Waals surface area contributed by atoms with E-state index < -0.39 is 5.41 Å². The topological polar surface area (TPSA) is 63.7 Å². The molecular formula is C19H17ClN4O. The molecule has 4 rings (SSSR count). The number of nitriles is 1. The highest BCUT2D eigenvalue weighted by molar-refractivity contribution is 6.33. The standard InChI is InChI=1S/C19H17ClN4O/c20-16-10-22-6-3-15(16)14-1-2-17-18(9-14)24(13-23-17)12-19(11-21)4-7-25-8-5-19/h1-3,6,9-10,13H,4-5,7-8,12H2. The van der Waals surface area contributed by atoms with E-state index in [4.69, 9.17) is 16.3 Å². The third kappa shape index (κ3) is 2.99. The number of pyridine rings is 1. The number of imidazole rings is 1. The molecule has 0 unspecified atom stereocenters. The smallest absolute Gasteiger partial charge is 0.0958 e. The molecule has 0 bridgehead atoms. The molecule has 1 aliphatic heterocycles. The van der Waals surface area contributed by atoms with Crippen LogP contribution in [0.1, 0.15) is 12.8 Å². The van der Waals surface area contributed by atoms with Crippen molar-refractivity contribution in [1.82, 2.24) is 14.5 Å². The Kier molecular flexibility index (Phi) is 4.16. The van der Waals surface area contributed by atoms with Gasteiger partial charge >= 0.3 is 0 Å². The SMILES string of the molecule is N#CC1(Cn2cnc3ccc(-c4ccncc4Cl)cc32)CCOCC1. The Morgan fingerprint density at radius 3 is 2.88 bits per heavy atom. The number of aromatic nitrogens is 3. The van der Waals surface area contributed by atoms with Crippen LogP contribution in [-0.2, 0) is 11.3 Å². The predicted octanol–water partition coefficient (Wildman–Crippen LogP) is 4.07. The zero-order valence-electron chi connectivity index (χ0n) is 13.7. The number of ether oxygens (including phenoxy) is 1. The van der Waals surface area contributed by atoms with Crippen LogP contribution in [-0.4, -0.2) is 27.7 Å². The Labute approximate surface area is 150 Å². The lowest BCUT2D eigenvalue weighted by atomic mass is 9.81. The van der Waals surface area contributed by atoms with E-state index in [0.29, 0.717) is 24.8 Å². The molecule has 3 aromatic rings. The Morgan fingerprint density at radius 1 is 1.28 bits per heavy atom. The van der Waals surface area contributed by atoms with Gasteiger partial charge in [-0.05, 0) is 36.6 Å². The lowest BCUT2D eigenvalue weighted by Crippen LogP contribution is -2.32. The third-order valence-electron chi connectivity index (χ3n) is 4.86. The quantitative estimate of drug-likeness (QED) is 0.712. The fourth-order valence-electron chi connectivity index (χ4n) is 3.35. The molecule has 0 aliphatic carbocycles. The summed E-state index contributed by atoms with van der Waals surface area (Å²) in [5.74, 6) is 0. The van der Waals surface area contributed by atoms with E-state index in [-0.39, 0.29) is 0 Å². The van der Waals surface area contributed by atoms with Gasteiger partial charge in [-0.1, -0.05) is 17.7 Å². The highest BCUT2D eigenvalue weighted by Crippen LogP contribution is 2.34. The monoisotopic (exact) mass is 352 g/mol. The lowest BCUT2D eigenvalue weighted by Gasteiger charge is -2.31. The van der Waals surface area contributed by atoms with Gasteiger partial charge in [-0.3, -0.25) is 4.98 Å². The molecule has 126 valence electrons. The zero-order valence-corrected chi connectivity index (χ0v) is 14.4. The van der Waals surface area contributed by atoms with Crippen molar-refractivity contribution in [2.45, 2.75) is 19.4 Å². The van der Waals surface area contributed by atoms with Crippen LogP contribution < -0.4 is 0 Å². The summed E-state index contributed by atoms with van der Waals surface area (Å²) in [7, 11) is 0. The average Bonchev–Trinajstić information content (AvgIpc) is 3.05. The summed E-state index contributed by atoms with van der Waals surface area (Å²) in [6.45, 7) is 1.90. The van der Waals surface area contributed by atoms with Crippen LogP contribution in [0.5, 0.6) is 0 Å². The Balaban J connectivity index is 1.75. The first-order valence-corrected chi connectivity index (χ1v) is 8.62. The van der Waals surface area contributed by atoms with Gasteiger partial charge in [0.25, 0.3) is 0 Å². The molecule has 0 radical (unpaired) electrons. The maximum Gasteiger partial charge on any atom is 0.0958 e. The van der Waals surface area contributed by atoms with Crippen molar-refractivity contribution >= 4 is 22.6 Å². The fourth-order valence-corrected chi connectivity index (χ4v) is 3.58. The molecule has 0 atom stereocenters. The number of hydrogen-bond acceptors (Lipinski definition) is 4. The summed E-state index contributed by atoms with van der Waals surface area (Å²) >= 11 is 6.28. The predicted molar refractivity (Wildman–Crippen MR) is 96.1 cm³/mol. The summed E-state index contributed by atoms with van der Waals surface area (Å²) in [6, 6.07) is 10.5. The van der Waals surface area contributed by atoms with Crippen molar-refractivity contribution in [2.24, 2.45) is 5.41 Å². The summed E-state index contributed by atoms with van der Waals surface area (Å²) in [5.41, 5.74) is 3.48. The van der Waals surface area contributed by atoms with Crippen LogP contribution in [0.15, 0.2) is 43.0 Å². The largest absolute Gasteiger partial charge is 0.381 e. The first-order valence-electron chi connectivity index (χ1n) is 8.25. The number of benzene rings is 1. The van der Waals surface area contributed by atoms with Gasteiger partial charge in [-0.2, -0.15) is 5.26 Å². The molecule has 0 spiro atoms. The maximum absolute atomic E-state index is 9.72. The number of halogens is 1. The third-order valence-corrected chi connectivity index (χ3v) is 5.17. The summed E-state index contributed by atoms with van der Waals surface area (Å²) in [4.78, 5) is 8.52. The van der Waals surface area contributed by atoms with Crippen LogP contribution in [0.2, 0.25) is 5.02 Å². The Bertz CT molecular complexity index is 953. The molecule has 5 nitrogen and oxygen atoms in total. The number of fused-ring (bicyclic) bond motifs is 1. The Morgan fingerprint density at radius 2 is 2.12 bits per heavy atom. The molecular weight excluding hydrogens is 336 g/mol. The van der Waals surface area contributed by atoms with E-state index in [1.165, 1.54) is 0 Å². The molecule has 6 heteroatoms. The highest BCUT2D eigenvalue weighted by Gasteiger charge is 2.33. The summed E-state index contributed by atoms with van der Waals surface area (Å²) in [5, 5.41) is 10.3. The van der Waals surface area contributed by atoms with Gasteiger partial charge in [0.1, 0.15) is 0 Å². The Hall–Kier alpha value is -2.42. The summed E-state index contributed by atoms with van der Waals surface area (Å²) in [6.07, 6.45) is 6.69. The molecule has 1 aromatic carbocycles. The van der Waals surface area contributed by atoms with E-state index in [1.807, 2.05) is 24.5 Å². The second-order valence-electron chi connectivity index (χ2n) is 6.44. The number of nitrogens with zero attached hydrogens (tertiary/aromatic N) is 4. The molecule has 0 amide bonds. The van der Waals surface area contributed by atoms with Crippen molar-refractivity contribution in [1.29, 1.82) is 5.26 Å². The normalized spacial score (nSPS) is 16.6. The van der Waals surface area contributed by atoms with E-state index in [0.717, 1.165) is 35.0 Å². The van der Waals surface area contributed by atoms with Gasteiger partial charge in [0.2, 0.25) is 0 Å². The van der Waals surface area contributed by atoms with Gasteiger partial charge in [0, 0.05) is 37.7 Å². The van der Waals surface area contributed by atoms with Gasteiger partial charge < -0.3 is 9.30 Å². The van der Waals surface area contributed by atoms with Crippen molar-refractivity contribution in [2.75, 3.05) is 13.2 Å². The van der Waals surface area contributed by atoms with Crippen LogP contribution in [0, 0.1) is 16.7 Å². The highest BCUT2D eigenvalue weighted by atomic mass is 35.5. The van der Waals surface area contributed by atoms with Crippen molar-refractivity contribution < 1.29 is 4.74 Å². The minimum Gasteiger partial charge on any atom is -0.381 e. The average molecular weight is 353 g/mol. The van der Waals surface area contributed by atoms with Gasteiger partial charge in [0.15, 0.2) is 0 Å². The molecule has 1 saturated heterocycles. The van der Waals surface area contributed by atoms with E-state index in [2.05, 4.69) is 26.7 Å². The van der Waals surface area contributed by atoms with Crippen LogP contribution in [0.25, 0.3) is 22.2 Å².